The summed E-state index contributed by atoms with van der Waals surface area (Å²) >= 11 is 0. The van der Waals surface area contributed by atoms with Crippen LogP contribution in [0.15, 0.2) is 42.5 Å². The summed E-state index contributed by atoms with van der Waals surface area (Å²) < 4.78 is 20.6. The Labute approximate surface area is 209 Å². The van der Waals surface area contributed by atoms with Crippen LogP contribution in [0.2, 0.25) is 0 Å². The molecule has 0 radical (unpaired) electrons. The molecular weight excluding hydrogens is 463 g/mol. The fourth-order valence-electron chi connectivity index (χ4n) is 4.50. The summed E-state index contributed by atoms with van der Waals surface area (Å²) in [5.74, 6) is -2.34. The average molecular weight is 493 g/mol. The number of hydrogen-bond acceptors (Lipinski definition) is 5. The molecule has 9 heteroatoms. The molecule has 2 amide bonds. The summed E-state index contributed by atoms with van der Waals surface area (Å²) in [5, 5.41) is 5.50. The lowest BCUT2D eigenvalue weighted by Gasteiger charge is -2.30. The first-order chi connectivity index (χ1) is 17.2. The van der Waals surface area contributed by atoms with Crippen LogP contribution in [0.1, 0.15) is 37.7 Å². The summed E-state index contributed by atoms with van der Waals surface area (Å²) in [4.78, 5) is 41.5. The van der Waals surface area contributed by atoms with Crippen LogP contribution in [0.3, 0.4) is 0 Å². The van der Waals surface area contributed by atoms with E-state index >= 15 is 0 Å². The quantitative estimate of drug-likeness (QED) is 0.401. The van der Waals surface area contributed by atoms with Crippen LogP contribution in [0, 0.1) is 26.6 Å². The predicted molar refractivity (Wildman–Crippen MR) is 136 cm³/mol. The third-order valence-corrected chi connectivity index (χ3v) is 6.50. The van der Waals surface area contributed by atoms with Gasteiger partial charge in [-0.2, -0.15) is 0 Å². The number of hydrogen-bond donors (Lipinski definition) is 2. The van der Waals surface area contributed by atoms with Gasteiger partial charge in [0.2, 0.25) is 0 Å². The Morgan fingerprint density at radius 3 is 2.36 bits per heavy atom. The molecule has 36 heavy (non-hydrogen) atoms. The van der Waals surface area contributed by atoms with Crippen molar-refractivity contribution in [2.45, 2.75) is 20.8 Å². The van der Waals surface area contributed by atoms with Crippen molar-refractivity contribution in [2.75, 3.05) is 41.8 Å². The number of carbonyl (C=O) groups excluding carboxylic acids is 3. The second-order valence-electron chi connectivity index (χ2n) is 8.81. The minimum absolute atomic E-state index is 0.134. The van der Waals surface area contributed by atoms with E-state index in [1.807, 2.05) is 12.1 Å². The summed E-state index contributed by atoms with van der Waals surface area (Å²) in [6, 6.07) is 11.6. The Bertz CT molecular complexity index is 1340. The van der Waals surface area contributed by atoms with E-state index in [1.54, 1.807) is 44.5 Å². The second-order valence-corrected chi connectivity index (χ2v) is 8.81. The van der Waals surface area contributed by atoms with Crippen LogP contribution < -0.4 is 15.5 Å². The first kappa shape index (κ1) is 25.1. The van der Waals surface area contributed by atoms with Crippen molar-refractivity contribution in [3.8, 4) is 0 Å². The highest BCUT2D eigenvalue weighted by molar-refractivity contribution is 6.47. The zero-order chi connectivity index (χ0) is 26.0. The molecule has 1 saturated heterocycles. The number of ether oxygens (including phenoxy) is 1. The SMILES string of the molecule is Cc1cc(NC(=O)c2c(C)c(C(=O)C(=O)Nc3ccccc3N3CCOCC3)n(C)c2C)ccc1F. The topological polar surface area (TPSA) is 92.7 Å². The molecule has 0 saturated carbocycles. The van der Waals surface area contributed by atoms with E-state index in [1.165, 1.54) is 18.2 Å². The van der Waals surface area contributed by atoms with Crippen molar-refractivity contribution in [3.63, 3.8) is 0 Å². The normalized spacial score (nSPS) is 13.4. The lowest BCUT2D eigenvalue weighted by atomic mass is 10.1. The Balaban J connectivity index is 1.57. The van der Waals surface area contributed by atoms with Crippen LogP contribution in [0.5, 0.6) is 0 Å². The van der Waals surface area contributed by atoms with E-state index < -0.39 is 17.6 Å². The van der Waals surface area contributed by atoms with E-state index in [0.29, 0.717) is 60.1 Å². The number of para-hydroxylation sites is 2. The summed E-state index contributed by atoms with van der Waals surface area (Å²) in [6.07, 6.45) is 0. The molecule has 0 atom stereocenters. The molecule has 0 unspecified atom stereocenters. The number of ketones is 1. The molecule has 3 aromatic rings. The standard InChI is InChI=1S/C27H29FN4O4/c1-16-15-19(9-10-20(16)28)29-26(34)23-17(2)24(31(4)18(23)3)25(33)27(35)30-21-7-5-6-8-22(21)32-11-13-36-14-12-32/h5-10,15H,11-14H2,1-4H3,(H,29,34)(H,30,35). The largest absolute Gasteiger partial charge is 0.378 e. The molecule has 1 aliphatic heterocycles. The first-order valence-corrected chi connectivity index (χ1v) is 11.7. The average Bonchev–Trinajstić information content (AvgIpc) is 3.09. The molecule has 1 aliphatic rings. The predicted octanol–water partition coefficient (Wildman–Crippen LogP) is 4.00. The number of nitrogens with zero attached hydrogens (tertiary/aromatic N) is 2. The molecule has 0 spiro atoms. The van der Waals surface area contributed by atoms with Gasteiger partial charge < -0.3 is 24.8 Å². The zero-order valence-corrected chi connectivity index (χ0v) is 20.8. The highest BCUT2D eigenvalue weighted by atomic mass is 19.1. The number of halogens is 1. The van der Waals surface area contributed by atoms with Gasteiger partial charge in [-0.1, -0.05) is 12.1 Å². The number of aryl methyl sites for hydroxylation is 1. The van der Waals surface area contributed by atoms with Gasteiger partial charge in [0.25, 0.3) is 17.6 Å². The van der Waals surface area contributed by atoms with Gasteiger partial charge in [0.05, 0.1) is 35.8 Å². The summed E-state index contributed by atoms with van der Waals surface area (Å²) in [5.41, 5.74) is 3.55. The molecule has 2 aromatic carbocycles. The molecular formula is C27H29FN4O4. The minimum Gasteiger partial charge on any atom is -0.378 e. The number of benzene rings is 2. The van der Waals surface area contributed by atoms with E-state index in [9.17, 15) is 18.8 Å². The molecule has 1 fully saturated rings. The number of nitrogens with one attached hydrogen (secondary N) is 2. The lowest BCUT2D eigenvalue weighted by Crippen LogP contribution is -2.37. The summed E-state index contributed by atoms with van der Waals surface area (Å²) in [7, 11) is 1.64. The van der Waals surface area contributed by atoms with Gasteiger partial charge in [0.1, 0.15) is 5.82 Å². The van der Waals surface area contributed by atoms with E-state index in [-0.39, 0.29) is 11.5 Å². The molecule has 8 nitrogen and oxygen atoms in total. The minimum atomic E-state index is -0.791. The molecule has 188 valence electrons. The van der Waals surface area contributed by atoms with Crippen molar-refractivity contribution < 1.29 is 23.5 Å². The molecule has 0 bridgehead atoms. The molecule has 0 aliphatic carbocycles. The molecule has 2 heterocycles. The van der Waals surface area contributed by atoms with Gasteiger partial charge in [0, 0.05) is 31.5 Å². The number of anilines is 3. The third-order valence-electron chi connectivity index (χ3n) is 6.50. The van der Waals surface area contributed by atoms with Gasteiger partial charge in [-0.3, -0.25) is 14.4 Å². The number of Topliss-reactive ketones (excluding diaryl/α,β-unsaturated/α-hetero) is 1. The van der Waals surface area contributed by atoms with E-state index in [2.05, 4.69) is 15.5 Å². The van der Waals surface area contributed by atoms with Crippen LogP contribution >= 0.6 is 0 Å². The highest BCUT2D eigenvalue weighted by Crippen LogP contribution is 2.28. The van der Waals surface area contributed by atoms with Crippen molar-refractivity contribution in [2.24, 2.45) is 7.05 Å². The molecule has 4 rings (SSSR count). The fourth-order valence-corrected chi connectivity index (χ4v) is 4.50. The summed E-state index contributed by atoms with van der Waals surface area (Å²) in [6.45, 7) is 7.50. The van der Waals surface area contributed by atoms with Gasteiger partial charge in [-0.25, -0.2) is 4.39 Å². The van der Waals surface area contributed by atoms with Crippen LogP contribution in [-0.4, -0.2) is 48.5 Å². The van der Waals surface area contributed by atoms with Crippen molar-refractivity contribution in [1.29, 1.82) is 0 Å². The smallest absolute Gasteiger partial charge is 0.298 e. The van der Waals surface area contributed by atoms with Gasteiger partial charge >= 0.3 is 0 Å². The molecule has 2 N–H and O–H groups in total. The number of aromatic nitrogens is 1. The Hall–Kier alpha value is -3.98. The highest BCUT2D eigenvalue weighted by Gasteiger charge is 2.29. The maximum Gasteiger partial charge on any atom is 0.298 e. The monoisotopic (exact) mass is 492 g/mol. The Kier molecular flexibility index (Phi) is 7.21. The number of carbonyl (C=O) groups is 3. The number of morpholine rings is 1. The van der Waals surface area contributed by atoms with Gasteiger partial charge in [-0.05, 0) is 62.2 Å². The zero-order valence-electron chi connectivity index (χ0n) is 20.8. The van der Waals surface area contributed by atoms with Crippen LogP contribution in [0.4, 0.5) is 21.5 Å². The van der Waals surface area contributed by atoms with Crippen molar-refractivity contribution >= 4 is 34.7 Å². The van der Waals surface area contributed by atoms with Gasteiger partial charge in [-0.15, -0.1) is 0 Å². The third kappa shape index (κ3) is 4.87. The molecule has 1 aromatic heterocycles. The Morgan fingerprint density at radius 2 is 1.67 bits per heavy atom. The number of rotatable bonds is 6. The van der Waals surface area contributed by atoms with Crippen molar-refractivity contribution in [3.05, 3.63) is 76.4 Å². The Morgan fingerprint density at radius 1 is 0.972 bits per heavy atom. The first-order valence-electron chi connectivity index (χ1n) is 11.7. The van der Waals surface area contributed by atoms with E-state index in [4.69, 9.17) is 4.74 Å². The lowest BCUT2D eigenvalue weighted by molar-refractivity contribution is -0.112. The fraction of sp³-hybridized carbons (Fsp3) is 0.296. The van der Waals surface area contributed by atoms with Crippen molar-refractivity contribution in [1.82, 2.24) is 4.57 Å². The van der Waals surface area contributed by atoms with Gasteiger partial charge in [0.15, 0.2) is 0 Å². The van der Waals surface area contributed by atoms with Crippen LogP contribution in [0.25, 0.3) is 0 Å². The second kappa shape index (κ2) is 10.3. The number of amides is 2. The van der Waals surface area contributed by atoms with Crippen LogP contribution in [-0.2, 0) is 16.6 Å². The maximum atomic E-state index is 13.6. The maximum absolute atomic E-state index is 13.6. The van der Waals surface area contributed by atoms with E-state index in [0.717, 1.165) is 5.69 Å².